The summed E-state index contributed by atoms with van der Waals surface area (Å²) in [5.41, 5.74) is 3.21. The molecule has 3 rings (SSSR count). The van der Waals surface area contributed by atoms with Crippen LogP contribution in [-0.2, 0) is 11.2 Å². The largest absolute Gasteiger partial charge is 0.344 e. The van der Waals surface area contributed by atoms with Crippen LogP contribution in [0.5, 0.6) is 0 Å². The number of aromatic nitrogens is 2. The minimum absolute atomic E-state index is 0. The molecule has 0 radical (unpaired) electrons. The zero-order chi connectivity index (χ0) is 16.1. The van der Waals surface area contributed by atoms with Crippen LogP contribution in [0, 0.1) is 0 Å². The van der Waals surface area contributed by atoms with E-state index in [2.05, 4.69) is 33.7 Å². The fourth-order valence-electron chi connectivity index (χ4n) is 3.02. The second-order valence-corrected chi connectivity index (χ2v) is 6.16. The Kier molecular flexibility index (Phi) is 6.82. The van der Waals surface area contributed by atoms with Crippen molar-refractivity contribution in [3.05, 3.63) is 42.1 Å². The van der Waals surface area contributed by atoms with Gasteiger partial charge in [0.1, 0.15) is 0 Å². The first kappa shape index (κ1) is 18.5. The molecule has 0 aliphatic carbocycles. The van der Waals surface area contributed by atoms with Gasteiger partial charge < -0.3 is 10.2 Å². The number of hydrogen-bond donors (Lipinski definition) is 2. The molecular formula is C18H25ClN4O. The third-order valence-corrected chi connectivity index (χ3v) is 4.37. The highest BCUT2D eigenvalue weighted by molar-refractivity contribution is 5.85. The third-order valence-electron chi connectivity index (χ3n) is 4.37. The van der Waals surface area contributed by atoms with Gasteiger partial charge >= 0.3 is 0 Å². The Morgan fingerprint density at radius 3 is 2.83 bits per heavy atom. The quantitative estimate of drug-likeness (QED) is 0.843. The summed E-state index contributed by atoms with van der Waals surface area (Å²) in [5, 5.41) is 10.7. The molecule has 130 valence electrons. The summed E-state index contributed by atoms with van der Waals surface area (Å²) in [5.74, 6) is 0.220. The van der Waals surface area contributed by atoms with E-state index in [0.29, 0.717) is 0 Å². The van der Waals surface area contributed by atoms with E-state index < -0.39 is 0 Å². The topological polar surface area (TPSA) is 61.0 Å². The van der Waals surface area contributed by atoms with E-state index in [0.717, 1.165) is 55.7 Å². The minimum atomic E-state index is 0. The van der Waals surface area contributed by atoms with Gasteiger partial charge in [0.05, 0.1) is 11.7 Å². The smallest absolute Gasteiger partial charge is 0.239 e. The number of carbonyl (C=O) groups excluding carboxylic acids is 1. The molecule has 2 N–H and O–H groups in total. The highest BCUT2D eigenvalue weighted by Gasteiger charge is 2.24. The van der Waals surface area contributed by atoms with Crippen molar-refractivity contribution in [2.75, 3.05) is 20.1 Å². The second kappa shape index (κ2) is 8.85. The first-order valence-corrected chi connectivity index (χ1v) is 8.32. The van der Waals surface area contributed by atoms with Crippen molar-refractivity contribution in [1.82, 2.24) is 20.4 Å². The minimum Gasteiger partial charge on any atom is -0.344 e. The number of carbonyl (C=O) groups is 1. The Hall–Kier alpha value is -1.85. The van der Waals surface area contributed by atoms with Gasteiger partial charge in [-0.3, -0.25) is 9.89 Å². The highest BCUT2D eigenvalue weighted by atomic mass is 35.5. The van der Waals surface area contributed by atoms with Crippen molar-refractivity contribution < 1.29 is 4.79 Å². The number of nitrogens with zero attached hydrogens (tertiary/aromatic N) is 2. The molecule has 24 heavy (non-hydrogen) atoms. The Morgan fingerprint density at radius 1 is 1.33 bits per heavy atom. The molecule has 1 aliphatic heterocycles. The van der Waals surface area contributed by atoms with Gasteiger partial charge in [0.15, 0.2) is 0 Å². The number of halogens is 1. The van der Waals surface area contributed by atoms with Gasteiger partial charge in [-0.2, -0.15) is 5.10 Å². The average Bonchev–Trinajstić information content (AvgIpc) is 3.27. The number of H-pyrrole nitrogens is 1. The highest BCUT2D eigenvalue weighted by Crippen LogP contribution is 2.17. The molecule has 0 spiro atoms. The lowest BCUT2D eigenvalue weighted by atomic mass is 10.1. The molecule has 0 saturated carbocycles. The fourth-order valence-corrected chi connectivity index (χ4v) is 3.02. The Labute approximate surface area is 149 Å². The molecule has 5 nitrogen and oxygen atoms in total. The molecule has 1 amide bonds. The predicted octanol–water partition coefficient (Wildman–Crippen LogP) is 2.64. The molecule has 2 aromatic rings. The zero-order valence-corrected chi connectivity index (χ0v) is 14.8. The van der Waals surface area contributed by atoms with E-state index in [1.165, 1.54) is 0 Å². The number of aromatic amines is 1. The number of amides is 1. The summed E-state index contributed by atoms with van der Waals surface area (Å²) in [6, 6.07) is 12.3. The SMILES string of the molecule is CN(CCCc1cc(-c2ccccc2)n[nH]1)C(=O)C1CCCN1.Cl. The lowest BCUT2D eigenvalue weighted by Gasteiger charge is -2.20. The summed E-state index contributed by atoms with van der Waals surface area (Å²) in [4.78, 5) is 14.1. The molecule has 1 fully saturated rings. The molecule has 1 aliphatic rings. The van der Waals surface area contributed by atoms with Crippen molar-refractivity contribution >= 4 is 18.3 Å². The summed E-state index contributed by atoms with van der Waals surface area (Å²) in [6.45, 7) is 1.73. The number of rotatable bonds is 6. The van der Waals surface area contributed by atoms with Gasteiger partial charge in [-0.15, -0.1) is 12.4 Å². The lowest BCUT2D eigenvalue weighted by molar-refractivity contribution is -0.131. The van der Waals surface area contributed by atoms with Crippen LogP contribution in [0.15, 0.2) is 36.4 Å². The van der Waals surface area contributed by atoms with Crippen molar-refractivity contribution in [2.24, 2.45) is 0 Å². The van der Waals surface area contributed by atoms with E-state index in [4.69, 9.17) is 0 Å². The van der Waals surface area contributed by atoms with Gasteiger partial charge in [0, 0.05) is 24.8 Å². The van der Waals surface area contributed by atoms with Gasteiger partial charge in [-0.1, -0.05) is 30.3 Å². The van der Waals surface area contributed by atoms with E-state index in [9.17, 15) is 4.79 Å². The number of hydrogen-bond acceptors (Lipinski definition) is 3. The summed E-state index contributed by atoms with van der Waals surface area (Å²) in [7, 11) is 1.89. The van der Waals surface area contributed by atoms with Gasteiger partial charge in [0.2, 0.25) is 5.91 Å². The molecule has 6 heteroatoms. The maximum Gasteiger partial charge on any atom is 0.239 e. The monoisotopic (exact) mass is 348 g/mol. The van der Waals surface area contributed by atoms with Crippen LogP contribution < -0.4 is 5.32 Å². The van der Waals surface area contributed by atoms with E-state index in [1.807, 2.05) is 30.1 Å². The normalized spacial score (nSPS) is 16.6. The van der Waals surface area contributed by atoms with Crippen molar-refractivity contribution in [1.29, 1.82) is 0 Å². The predicted molar refractivity (Wildman–Crippen MR) is 98.3 cm³/mol. The maximum absolute atomic E-state index is 12.2. The molecule has 1 aromatic carbocycles. The molecule has 1 atom stereocenters. The van der Waals surface area contributed by atoms with Gasteiger partial charge in [-0.05, 0) is 38.3 Å². The number of benzene rings is 1. The summed E-state index contributed by atoms with van der Waals surface area (Å²) in [6.07, 6.45) is 3.89. The Bertz CT molecular complexity index is 637. The second-order valence-electron chi connectivity index (χ2n) is 6.16. The van der Waals surface area contributed by atoms with Crippen LogP contribution in [0.3, 0.4) is 0 Å². The van der Waals surface area contributed by atoms with Crippen LogP contribution in [-0.4, -0.2) is 47.2 Å². The van der Waals surface area contributed by atoms with E-state index in [-0.39, 0.29) is 24.4 Å². The van der Waals surface area contributed by atoms with Crippen LogP contribution in [0.1, 0.15) is 25.0 Å². The molecule has 0 bridgehead atoms. The number of aryl methyl sites for hydroxylation is 1. The van der Waals surface area contributed by atoms with Crippen LogP contribution in [0.4, 0.5) is 0 Å². The maximum atomic E-state index is 12.2. The first-order chi connectivity index (χ1) is 11.2. The van der Waals surface area contributed by atoms with Gasteiger partial charge in [-0.25, -0.2) is 0 Å². The van der Waals surface area contributed by atoms with Gasteiger partial charge in [0.25, 0.3) is 0 Å². The third kappa shape index (κ3) is 4.58. The molecule has 2 heterocycles. The number of nitrogens with one attached hydrogen (secondary N) is 2. The average molecular weight is 349 g/mol. The summed E-state index contributed by atoms with van der Waals surface area (Å²) >= 11 is 0. The van der Waals surface area contributed by atoms with Crippen molar-refractivity contribution in [3.8, 4) is 11.3 Å². The van der Waals surface area contributed by atoms with Crippen LogP contribution >= 0.6 is 12.4 Å². The number of likely N-dealkylation sites (N-methyl/N-ethyl adjacent to an activating group) is 1. The molecule has 1 aromatic heterocycles. The molecule has 1 saturated heterocycles. The molecular weight excluding hydrogens is 324 g/mol. The summed E-state index contributed by atoms with van der Waals surface area (Å²) < 4.78 is 0. The lowest BCUT2D eigenvalue weighted by Crippen LogP contribution is -2.42. The fraction of sp³-hybridized carbons (Fsp3) is 0.444. The Balaban J connectivity index is 0.00000208. The van der Waals surface area contributed by atoms with Crippen LogP contribution in [0.2, 0.25) is 0 Å². The standard InChI is InChI=1S/C18H24N4O.ClH/c1-22(18(23)16-10-5-11-19-16)12-6-9-15-13-17(21-20-15)14-7-3-2-4-8-14;/h2-4,7-8,13,16,19H,5-6,9-12H2,1H3,(H,20,21);1H. The van der Waals surface area contributed by atoms with Crippen molar-refractivity contribution in [2.45, 2.75) is 31.7 Å². The van der Waals surface area contributed by atoms with Crippen molar-refractivity contribution in [3.63, 3.8) is 0 Å². The van der Waals surface area contributed by atoms with E-state index in [1.54, 1.807) is 0 Å². The Morgan fingerprint density at radius 2 is 2.12 bits per heavy atom. The van der Waals surface area contributed by atoms with Crippen LogP contribution in [0.25, 0.3) is 11.3 Å². The van der Waals surface area contributed by atoms with E-state index >= 15 is 0 Å². The zero-order valence-electron chi connectivity index (χ0n) is 14.0. The molecule has 1 unspecified atom stereocenters. The first-order valence-electron chi connectivity index (χ1n) is 8.32.